The number of hydrogen-bond acceptors (Lipinski definition) is 8. The molecule has 0 aliphatic carbocycles. The number of rotatable bonds is 11. The Morgan fingerprint density at radius 2 is 1.79 bits per heavy atom. The summed E-state index contributed by atoms with van der Waals surface area (Å²) < 4.78 is 18.0. The standard InChI is InChI=1S/C27H26ClN5O4S/c1-4-37-23-14-5-18(15-24(23)36-3)16-29-30-25(34)17-38-27-32-31-26(19-6-12-22(35-2)13-7-19)33(27)21-10-8-20(28)9-11-21/h5-16H,4,17H2,1-3H3,(H,30,34)/b29-16+. The summed E-state index contributed by atoms with van der Waals surface area (Å²) in [5.74, 6) is 2.39. The van der Waals surface area contributed by atoms with Gasteiger partial charge in [-0.25, -0.2) is 5.43 Å². The van der Waals surface area contributed by atoms with Crippen LogP contribution in [0.3, 0.4) is 0 Å². The smallest absolute Gasteiger partial charge is 0.250 e. The molecule has 0 aliphatic rings. The van der Waals surface area contributed by atoms with Crippen molar-refractivity contribution in [1.29, 1.82) is 0 Å². The van der Waals surface area contributed by atoms with E-state index in [1.165, 1.54) is 11.8 Å². The molecule has 0 atom stereocenters. The van der Waals surface area contributed by atoms with Crippen LogP contribution in [0.4, 0.5) is 0 Å². The fraction of sp³-hybridized carbons (Fsp3) is 0.185. The van der Waals surface area contributed by atoms with Gasteiger partial charge in [0.05, 0.1) is 32.8 Å². The van der Waals surface area contributed by atoms with Crippen LogP contribution >= 0.6 is 23.4 Å². The van der Waals surface area contributed by atoms with Crippen molar-refractivity contribution in [1.82, 2.24) is 20.2 Å². The molecule has 196 valence electrons. The Kier molecular flexibility index (Phi) is 9.23. The number of amides is 1. The van der Waals surface area contributed by atoms with Crippen molar-refractivity contribution in [2.24, 2.45) is 5.10 Å². The Morgan fingerprint density at radius 3 is 2.47 bits per heavy atom. The molecular formula is C27H26ClN5O4S. The highest BCUT2D eigenvalue weighted by Gasteiger charge is 2.17. The topological polar surface area (TPSA) is 99.9 Å². The van der Waals surface area contributed by atoms with Gasteiger partial charge < -0.3 is 14.2 Å². The molecule has 4 aromatic rings. The number of methoxy groups -OCH3 is 2. The molecule has 0 unspecified atom stereocenters. The zero-order chi connectivity index (χ0) is 26.9. The third-order valence-corrected chi connectivity index (χ3v) is 6.47. The van der Waals surface area contributed by atoms with Gasteiger partial charge in [-0.15, -0.1) is 10.2 Å². The lowest BCUT2D eigenvalue weighted by molar-refractivity contribution is -0.118. The second-order valence-corrected chi connectivity index (χ2v) is 9.15. The maximum absolute atomic E-state index is 12.5. The van der Waals surface area contributed by atoms with E-state index in [4.69, 9.17) is 25.8 Å². The molecule has 0 saturated heterocycles. The lowest BCUT2D eigenvalue weighted by atomic mass is 10.2. The van der Waals surface area contributed by atoms with Gasteiger partial charge in [-0.05, 0) is 79.2 Å². The third kappa shape index (κ3) is 6.64. The summed E-state index contributed by atoms with van der Waals surface area (Å²) in [6.45, 7) is 2.44. The Labute approximate surface area is 229 Å². The van der Waals surface area contributed by atoms with E-state index in [1.807, 2.05) is 54.0 Å². The Morgan fingerprint density at radius 1 is 1.03 bits per heavy atom. The highest BCUT2D eigenvalue weighted by molar-refractivity contribution is 7.99. The van der Waals surface area contributed by atoms with Crippen molar-refractivity contribution < 1.29 is 19.0 Å². The molecule has 1 amide bonds. The fourth-order valence-electron chi connectivity index (χ4n) is 3.49. The van der Waals surface area contributed by atoms with Crippen LogP contribution in [0, 0.1) is 0 Å². The van der Waals surface area contributed by atoms with Gasteiger partial charge in [-0.3, -0.25) is 9.36 Å². The molecule has 4 rings (SSSR count). The Bertz CT molecular complexity index is 1410. The van der Waals surface area contributed by atoms with E-state index in [-0.39, 0.29) is 11.7 Å². The third-order valence-electron chi connectivity index (χ3n) is 5.29. The van der Waals surface area contributed by atoms with Crippen LogP contribution in [0.1, 0.15) is 12.5 Å². The van der Waals surface area contributed by atoms with E-state index in [0.717, 1.165) is 22.6 Å². The number of carbonyl (C=O) groups is 1. The Hall–Kier alpha value is -4.02. The van der Waals surface area contributed by atoms with Crippen LogP contribution in [-0.4, -0.2) is 53.5 Å². The van der Waals surface area contributed by atoms with Crippen LogP contribution in [0.25, 0.3) is 17.1 Å². The number of ether oxygens (including phenoxy) is 3. The fourth-order valence-corrected chi connectivity index (χ4v) is 4.36. The van der Waals surface area contributed by atoms with Crippen LogP contribution in [-0.2, 0) is 4.79 Å². The van der Waals surface area contributed by atoms with Crippen LogP contribution in [0.15, 0.2) is 77.0 Å². The highest BCUT2D eigenvalue weighted by Crippen LogP contribution is 2.30. The summed E-state index contributed by atoms with van der Waals surface area (Å²) in [5, 5.41) is 14.0. The van der Waals surface area contributed by atoms with Crippen molar-refractivity contribution in [2.75, 3.05) is 26.6 Å². The summed E-state index contributed by atoms with van der Waals surface area (Å²) in [5.41, 5.74) is 4.96. The second-order valence-electron chi connectivity index (χ2n) is 7.77. The van der Waals surface area contributed by atoms with E-state index < -0.39 is 0 Å². The predicted molar refractivity (Wildman–Crippen MR) is 149 cm³/mol. The van der Waals surface area contributed by atoms with E-state index in [2.05, 4.69) is 20.7 Å². The number of hydrazone groups is 1. The van der Waals surface area contributed by atoms with Crippen molar-refractivity contribution >= 4 is 35.5 Å². The molecule has 0 aliphatic heterocycles. The summed E-state index contributed by atoms with van der Waals surface area (Å²) in [4.78, 5) is 12.5. The average molecular weight is 552 g/mol. The largest absolute Gasteiger partial charge is 0.497 e. The molecule has 38 heavy (non-hydrogen) atoms. The minimum Gasteiger partial charge on any atom is -0.497 e. The van der Waals surface area contributed by atoms with E-state index >= 15 is 0 Å². The zero-order valence-electron chi connectivity index (χ0n) is 21.1. The van der Waals surface area contributed by atoms with Crippen molar-refractivity contribution in [3.8, 4) is 34.3 Å². The number of nitrogens with one attached hydrogen (secondary N) is 1. The minimum absolute atomic E-state index is 0.0816. The molecule has 0 fully saturated rings. The zero-order valence-corrected chi connectivity index (χ0v) is 22.6. The molecular weight excluding hydrogens is 526 g/mol. The number of halogens is 1. The summed E-state index contributed by atoms with van der Waals surface area (Å²) >= 11 is 7.34. The Balaban J connectivity index is 1.47. The highest BCUT2D eigenvalue weighted by atomic mass is 35.5. The van der Waals surface area contributed by atoms with E-state index in [0.29, 0.717) is 34.1 Å². The van der Waals surface area contributed by atoms with Crippen molar-refractivity contribution in [3.63, 3.8) is 0 Å². The van der Waals surface area contributed by atoms with Crippen LogP contribution in [0.5, 0.6) is 17.2 Å². The second kappa shape index (κ2) is 13.0. The van der Waals surface area contributed by atoms with Crippen molar-refractivity contribution in [2.45, 2.75) is 12.1 Å². The molecule has 9 nitrogen and oxygen atoms in total. The van der Waals surface area contributed by atoms with E-state index in [1.54, 1.807) is 44.7 Å². The van der Waals surface area contributed by atoms with Gasteiger partial charge in [0, 0.05) is 16.3 Å². The number of aromatic nitrogens is 3. The van der Waals surface area contributed by atoms with Gasteiger partial charge in [0.25, 0.3) is 5.91 Å². The lowest BCUT2D eigenvalue weighted by Gasteiger charge is -2.11. The average Bonchev–Trinajstić information content (AvgIpc) is 3.37. The molecule has 0 radical (unpaired) electrons. The number of carbonyl (C=O) groups excluding carboxylic acids is 1. The molecule has 11 heteroatoms. The van der Waals surface area contributed by atoms with Gasteiger partial charge in [-0.2, -0.15) is 5.10 Å². The number of hydrogen-bond donors (Lipinski definition) is 1. The monoisotopic (exact) mass is 551 g/mol. The first-order chi connectivity index (χ1) is 18.5. The molecule has 3 aromatic carbocycles. The van der Waals surface area contributed by atoms with Crippen LogP contribution in [0.2, 0.25) is 5.02 Å². The lowest BCUT2D eigenvalue weighted by Crippen LogP contribution is -2.20. The first-order valence-electron chi connectivity index (χ1n) is 11.6. The van der Waals surface area contributed by atoms with Crippen LogP contribution < -0.4 is 19.6 Å². The summed E-state index contributed by atoms with van der Waals surface area (Å²) in [6, 6.07) is 20.3. The summed E-state index contributed by atoms with van der Waals surface area (Å²) in [7, 11) is 3.19. The van der Waals surface area contributed by atoms with E-state index in [9.17, 15) is 4.79 Å². The van der Waals surface area contributed by atoms with Gasteiger partial charge >= 0.3 is 0 Å². The quantitative estimate of drug-likeness (QED) is 0.154. The van der Waals surface area contributed by atoms with Gasteiger partial charge in [0.2, 0.25) is 0 Å². The molecule has 1 N–H and O–H groups in total. The van der Waals surface area contributed by atoms with Gasteiger partial charge in [0.15, 0.2) is 22.5 Å². The molecule has 0 bridgehead atoms. The first-order valence-corrected chi connectivity index (χ1v) is 13.0. The maximum atomic E-state index is 12.5. The minimum atomic E-state index is -0.291. The van der Waals surface area contributed by atoms with Gasteiger partial charge in [0.1, 0.15) is 5.75 Å². The predicted octanol–water partition coefficient (Wildman–Crippen LogP) is 5.25. The normalized spacial score (nSPS) is 10.9. The summed E-state index contributed by atoms with van der Waals surface area (Å²) in [6.07, 6.45) is 1.54. The number of nitrogens with zero attached hydrogens (tertiary/aromatic N) is 4. The molecule has 1 heterocycles. The van der Waals surface area contributed by atoms with Crippen molar-refractivity contribution in [3.05, 3.63) is 77.3 Å². The number of thioether (sulfide) groups is 1. The molecule has 0 saturated carbocycles. The molecule has 0 spiro atoms. The first kappa shape index (κ1) is 27.0. The molecule has 1 aromatic heterocycles. The maximum Gasteiger partial charge on any atom is 0.250 e. The van der Waals surface area contributed by atoms with Gasteiger partial charge in [-0.1, -0.05) is 23.4 Å². The SMILES string of the molecule is CCOc1ccc(/C=N/NC(=O)CSc2nnc(-c3ccc(OC)cc3)n2-c2ccc(Cl)cc2)cc1OC. The number of benzene rings is 3.